The SMILES string of the molecule is CSc1ncccc1C(=O)OCC(=O)N(CCC#N)c1ccc(F)cc1. The molecule has 1 heterocycles. The van der Waals surface area contributed by atoms with Gasteiger partial charge in [0.05, 0.1) is 18.1 Å². The smallest absolute Gasteiger partial charge is 0.341 e. The summed E-state index contributed by atoms with van der Waals surface area (Å²) in [5.74, 6) is -1.60. The van der Waals surface area contributed by atoms with Crippen molar-refractivity contribution < 1.29 is 18.7 Å². The molecule has 0 fully saturated rings. The molecule has 0 aliphatic carbocycles. The summed E-state index contributed by atoms with van der Waals surface area (Å²) in [7, 11) is 0. The van der Waals surface area contributed by atoms with Crippen LogP contribution in [0, 0.1) is 17.1 Å². The molecule has 134 valence electrons. The summed E-state index contributed by atoms with van der Waals surface area (Å²) < 4.78 is 18.2. The van der Waals surface area contributed by atoms with Crippen LogP contribution in [-0.4, -0.2) is 36.3 Å². The molecule has 0 unspecified atom stereocenters. The van der Waals surface area contributed by atoms with Crippen LogP contribution in [0.25, 0.3) is 0 Å². The van der Waals surface area contributed by atoms with Crippen LogP contribution < -0.4 is 4.90 Å². The Balaban J connectivity index is 2.08. The summed E-state index contributed by atoms with van der Waals surface area (Å²) in [6.45, 7) is -0.383. The Morgan fingerprint density at radius 1 is 1.31 bits per heavy atom. The molecule has 6 nitrogen and oxygen atoms in total. The van der Waals surface area contributed by atoms with E-state index in [0.29, 0.717) is 10.7 Å². The van der Waals surface area contributed by atoms with E-state index in [4.69, 9.17) is 10.00 Å². The summed E-state index contributed by atoms with van der Waals surface area (Å²) in [5, 5.41) is 9.27. The number of benzene rings is 1. The van der Waals surface area contributed by atoms with Gasteiger partial charge in [-0.25, -0.2) is 14.2 Å². The number of nitriles is 1. The van der Waals surface area contributed by atoms with Crippen molar-refractivity contribution >= 4 is 29.3 Å². The number of aromatic nitrogens is 1. The van der Waals surface area contributed by atoms with Crippen molar-refractivity contribution in [2.75, 3.05) is 24.3 Å². The van der Waals surface area contributed by atoms with Crippen LogP contribution >= 0.6 is 11.8 Å². The van der Waals surface area contributed by atoms with Gasteiger partial charge in [-0.1, -0.05) is 0 Å². The minimum atomic E-state index is -0.657. The zero-order chi connectivity index (χ0) is 18.9. The Morgan fingerprint density at radius 2 is 2.04 bits per heavy atom. The fraction of sp³-hybridized carbons (Fsp3) is 0.222. The highest BCUT2D eigenvalue weighted by molar-refractivity contribution is 7.98. The Kier molecular flexibility index (Phi) is 7.12. The molecule has 0 aliphatic heterocycles. The van der Waals surface area contributed by atoms with Crippen LogP contribution in [0.2, 0.25) is 0 Å². The molecular formula is C18H16FN3O3S. The molecule has 0 atom stereocenters. The molecule has 1 amide bonds. The molecule has 0 N–H and O–H groups in total. The number of hydrogen-bond acceptors (Lipinski definition) is 6. The van der Waals surface area contributed by atoms with E-state index >= 15 is 0 Å². The van der Waals surface area contributed by atoms with Crippen molar-refractivity contribution in [1.82, 2.24) is 4.98 Å². The largest absolute Gasteiger partial charge is 0.452 e. The molecule has 0 saturated carbocycles. The lowest BCUT2D eigenvalue weighted by atomic mass is 10.2. The molecule has 0 spiro atoms. The third-order valence-electron chi connectivity index (χ3n) is 3.40. The van der Waals surface area contributed by atoms with Gasteiger partial charge in [0.2, 0.25) is 0 Å². The number of amides is 1. The summed E-state index contributed by atoms with van der Waals surface area (Å²) in [5.41, 5.74) is 0.701. The highest BCUT2D eigenvalue weighted by atomic mass is 32.2. The molecule has 0 bridgehead atoms. The topological polar surface area (TPSA) is 83.3 Å². The van der Waals surface area contributed by atoms with Gasteiger partial charge in [-0.2, -0.15) is 5.26 Å². The van der Waals surface area contributed by atoms with E-state index in [1.54, 1.807) is 24.6 Å². The maximum Gasteiger partial charge on any atom is 0.341 e. The fourth-order valence-electron chi connectivity index (χ4n) is 2.17. The highest BCUT2D eigenvalue weighted by Crippen LogP contribution is 2.19. The fourth-order valence-corrected chi connectivity index (χ4v) is 2.71. The summed E-state index contributed by atoms with van der Waals surface area (Å²) >= 11 is 1.29. The Hall–Kier alpha value is -2.92. The number of halogens is 1. The van der Waals surface area contributed by atoms with Gasteiger partial charge in [0, 0.05) is 18.4 Å². The maximum absolute atomic E-state index is 13.1. The monoisotopic (exact) mass is 373 g/mol. The van der Waals surface area contributed by atoms with Gasteiger partial charge < -0.3 is 9.64 Å². The quantitative estimate of drug-likeness (QED) is 0.548. The standard InChI is InChI=1S/C18H16FN3O3S/c1-26-17-15(4-2-10-21-17)18(24)25-12-16(23)22(11-3-9-20)14-7-5-13(19)6-8-14/h2,4-8,10H,3,11-12H2,1H3. The van der Waals surface area contributed by atoms with Crippen molar-refractivity contribution in [3.05, 3.63) is 54.0 Å². The Labute approximate surface area is 154 Å². The first-order valence-corrected chi connectivity index (χ1v) is 8.88. The zero-order valence-corrected chi connectivity index (χ0v) is 14.8. The van der Waals surface area contributed by atoms with Crippen molar-refractivity contribution in [3.63, 3.8) is 0 Å². The van der Waals surface area contributed by atoms with E-state index in [-0.39, 0.29) is 18.5 Å². The first-order valence-electron chi connectivity index (χ1n) is 7.66. The number of hydrogen-bond donors (Lipinski definition) is 0. The number of esters is 1. The van der Waals surface area contributed by atoms with Crippen LogP contribution in [0.15, 0.2) is 47.6 Å². The molecule has 0 saturated heterocycles. The Morgan fingerprint density at radius 3 is 2.69 bits per heavy atom. The van der Waals surface area contributed by atoms with E-state index in [1.807, 2.05) is 6.07 Å². The van der Waals surface area contributed by atoms with Crippen LogP contribution in [0.4, 0.5) is 10.1 Å². The van der Waals surface area contributed by atoms with Crippen molar-refractivity contribution in [3.8, 4) is 6.07 Å². The second-order valence-corrected chi connectivity index (χ2v) is 5.86. The molecule has 26 heavy (non-hydrogen) atoms. The minimum absolute atomic E-state index is 0.0935. The second kappa shape index (κ2) is 9.53. The molecular weight excluding hydrogens is 357 g/mol. The average molecular weight is 373 g/mol. The molecule has 0 aliphatic rings. The lowest BCUT2D eigenvalue weighted by Gasteiger charge is -2.21. The first-order chi connectivity index (χ1) is 12.6. The van der Waals surface area contributed by atoms with E-state index in [1.165, 1.54) is 40.9 Å². The highest BCUT2D eigenvalue weighted by Gasteiger charge is 2.19. The summed E-state index contributed by atoms with van der Waals surface area (Å²) in [6.07, 6.45) is 3.44. The van der Waals surface area contributed by atoms with Gasteiger partial charge in [0.25, 0.3) is 5.91 Å². The number of carbonyl (C=O) groups is 2. The van der Waals surface area contributed by atoms with Crippen LogP contribution in [-0.2, 0) is 9.53 Å². The molecule has 0 radical (unpaired) electrons. The Bertz CT molecular complexity index is 821. The molecule has 1 aromatic heterocycles. The van der Waals surface area contributed by atoms with E-state index in [2.05, 4.69) is 4.98 Å². The average Bonchev–Trinajstić information content (AvgIpc) is 2.67. The van der Waals surface area contributed by atoms with Gasteiger partial charge in [-0.05, 0) is 42.7 Å². The van der Waals surface area contributed by atoms with Crippen LogP contribution in [0.1, 0.15) is 16.8 Å². The summed E-state index contributed by atoms with van der Waals surface area (Å²) in [4.78, 5) is 30.0. The molecule has 8 heteroatoms. The van der Waals surface area contributed by atoms with Crippen LogP contribution in [0.3, 0.4) is 0 Å². The van der Waals surface area contributed by atoms with Gasteiger partial charge in [-0.15, -0.1) is 11.8 Å². The number of pyridine rings is 1. The number of anilines is 1. The van der Waals surface area contributed by atoms with Crippen LogP contribution in [0.5, 0.6) is 0 Å². The number of thioether (sulfide) groups is 1. The van der Waals surface area contributed by atoms with Crippen molar-refractivity contribution in [2.24, 2.45) is 0 Å². The number of rotatable bonds is 7. The second-order valence-electron chi connectivity index (χ2n) is 5.07. The number of nitrogens with zero attached hydrogens (tertiary/aromatic N) is 3. The normalized spacial score (nSPS) is 10.0. The van der Waals surface area contributed by atoms with Gasteiger partial charge in [0.1, 0.15) is 10.8 Å². The van der Waals surface area contributed by atoms with E-state index in [0.717, 1.165) is 0 Å². The van der Waals surface area contributed by atoms with Gasteiger partial charge >= 0.3 is 5.97 Å². The van der Waals surface area contributed by atoms with Crippen molar-refractivity contribution in [2.45, 2.75) is 11.4 Å². The summed E-state index contributed by atoms with van der Waals surface area (Å²) in [6, 6.07) is 10.4. The van der Waals surface area contributed by atoms with Crippen molar-refractivity contribution in [1.29, 1.82) is 5.26 Å². The number of ether oxygens (including phenoxy) is 1. The number of carbonyl (C=O) groups excluding carboxylic acids is 2. The van der Waals surface area contributed by atoms with E-state index < -0.39 is 24.3 Å². The first kappa shape index (κ1) is 19.4. The van der Waals surface area contributed by atoms with Gasteiger partial charge in [-0.3, -0.25) is 4.79 Å². The third-order valence-corrected chi connectivity index (χ3v) is 4.11. The maximum atomic E-state index is 13.1. The molecule has 2 aromatic rings. The third kappa shape index (κ3) is 5.04. The lowest BCUT2D eigenvalue weighted by molar-refractivity contribution is -0.121. The molecule has 1 aromatic carbocycles. The lowest BCUT2D eigenvalue weighted by Crippen LogP contribution is -2.35. The predicted molar refractivity (Wildman–Crippen MR) is 95.3 cm³/mol. The minimum Gasteiger partial charge on any atom is -0.452 e. The zero-order valence-electron chi connectivity index (χ0n) is 14.0. The molecule has 2 rings (SSSR count). The predicted octanol–water partition coefficient (Wildman–Crippen LogP) is 3.05. The van der Waals surface area contributed by atoms with Gasteiger partial charge in [0.15, 0.2) is 6.61 Å². The van der Waals surface area contributed by atoms with E-state index in [9.17, 15) is 14.0 Å².